The molecular formula is C14H15BrN4O5. The Kier molecular flexibility index (Phi) is 5.74. The van der Waals surface area contributed by atoms with Crippen molar-refractivity contribution in [2.75, 3.05) is 14.2 Å². The summed E-state index contributed by atoms with van der Waals surface area (Å²) >= 11 is 3.41. The van der Waals surface area contributed by atoms with Gasteiger partial charge < -0.3 is 19.9 Å². The second-order valence-electron chi connectivity index (χ2n) is 4.68. The number of aromatic carboxylic acids is 1. The molecule has 2 N–H and O–H groups in total. The zero-order valence-electron chi connectivity index (χ0n) is 12.9. The predicted octanol–water partition coefficient (Wildman–Crippen LogP) is 1.07. The number of hydrogen-bond acceptors (Lipinski definition) is 6. The molecule has 10 heteroatoms. The van der Waals surface area contributed by atoms with E-state index in [1.54, 1.807) is 12.1 Å². The van der Waals surface area contributed by atoms with Crippen LogP contribution in [0.15, 0.2) is 22.8 Å². The molecule has 1 heterocycles. The van der Waals surface area contributed by atoms with Crippen molar-refractivity contribution in [1.29, 1.82) is 0 Å². The van der Waals surface area contributed by atoms with Crippen LogP contribution in [0.3, 0.4) is 0 Å². The van der Waals surface area contributed by atoms with Crippen LogP contribution in [0.4, 0.5) is 0 Å². The molecular weight excluding hydrogens is 384 g/mol. The van der Waals surface area contributed by atoms with E-state index >= 15 is 0 Å². The molecule has 0 atom stereocenters. The summed E-state index contributed by atoms with van der Waals surface area (Å²) in [6.45, 7) is 0.117. The summed E-state index contributed by atoms with van der Waals surface area (Å²) in [5, 5.41) is 18.5. The highest BCUT2D eigenvalue weighted by Gasteiger charge is 2.13. The summed E-state index contributed by atoms with van der Waals surface area (Å²) in [6.07, 6.45) is 1.19. The fraction of sp³-hybridized carbons (Fsp3) is 0.286. The van der Waals surface area contributed by atoms with Gasteiger partial charge in [0.2, 0.25) is 5.91 Å². The van der Waals surface area contributed by atoms with Gasteiger partial charge >= 0.3 is 5.97 Å². The highest BCUT2D eigenvalue weighted by Crippen LogP contribution is 2.33. The van der Waals surface area contributed by atoms with Gasteiger partial charge in [-0.25, -0.2) is 9.48 Å². The quantitative estimate of drug-likeness (QED) is 0.716. The molecule has 1 aromatic heterocycles. The number of benzene rings is 1. The Balaban J connectivity index is 1.99. The van der Waals surface area contributed by atoms with Gasteiger partial charge in [-0.15, -0.1) is 5.10 Å². The van der Waals surface area contributed by atoms with E-state index in [1.807, 2.05) is 0 Å². The van der Waals surface area contributed by atoms with Crippen molar-refractivity contribution in [2.45, 2.75) is 13.1 Å². The number of nitrogens with one attached hydrogen (secondary N) is 1. The van der Waals surface area contributed by atoms with E-state index in [0.717, 1.165) is 14.7 Å². The number of amides is 1. The van der Waals surface area contributed by atoms with E-state index in [0.29, 0.717) is 11.5 Å². The zero-order valence-corrected chi connectivity index (χ0v) is 14.5. The first kappa shape index (κ1) is 17.7. The van der Waals surface area contributed by atoms with Gasteiger partial charge in [-0.1, -0.05) is 21.1 Å². The van der Waals surface area contributed by atoms with Gasteiger partial charge in [0, 0.05) is 11.0 Å². The molecule has 2 aromatic rings. The molecule has 0 aliphatic heterocycles. The van der Waals surface area contributed by atoms with Crippen molar-refractivity contribution in [3.63, 3.8) is 0 Å². The van der Waals surface area contributed by atoms with Crippen molar-refractivity contribution in [3.8, 4) is 11.5 Å². The van der Waals surface area contributed by atoms with Gasteiger partial charge in [0.05, 0.1) is 20.4 Å². The fourth-order valence-corrected chi connectivity index (χ4v) is 2.36. The summed E-state index contributed by atoms with van der Waals surface area (Å²) in [5.74, 6) is -0.412. The molecule has 0 spiro atoms. The molecule has 1 amide bonds. The highest BCUT2D eigenvalue weighted by molar-refractivity contribution is 9.10. The number of ether oxygens (including phenoxy) is 2. The molecule has 9 nitrogen and oxygen atoms in total. The van der Waals surface area contributed by atoms with Crippen LogP contribution < -0.4 is 14.8 Å². The molecule has 0 saturated carbocycles. The zero-order chi connectivity index (χ0) is 17.7. The lowest BCUT2D eigenvalue weighted by atomic mass is 10.2. The lowest BCUT2D eigenvalue weighted by Gasteiger charge is -2.12. The number of rotatable bonds is 7. The van der Waals surface area contributed by atoms with Gasteiger partial charge in [0.15, 0.2) is 17.2 Å². The number of methoxy groups -OCH3 is 2. The van der Waals surface area contributed by atoms with E-state index < -0.39 is 5.97 Å². The molecule has 2 rings (SSSR count). The van der Waals surface area contributed by atoms with Crippen LogP contribution in [0.5, 0.6) is 11.5 Å². The van der Waals surface area contributed by atoms with Gasteiger partial charge in [-0.3, -0.25) is 4.79 Å². The molecule has 0 radical (unpaired) electrons. The lowest BCUT2D eigenvalue weighted by Crippen LogP contribution is -2.27. The minimum absolute atomic E-state index is 0.134. The fourth-order valence-electron chi connectivity index (χ4n) is 1.90. The molecule has 24 heavy (non-hydrogen) atoms. The second-order valence-corrected chi connectivity index (χ2v) is 5.54. The van der Waals surface area contributed by atoms with Crippen molar-refractivity contribution in [2.24, 2.45) is 0 Å². The van der Waals surface area contributed by atoms with Crippen LogP contribution in [0, 0.1) is 0 Å². The van der Waals surface area contributed by atoms with E-state index in [9.17, 15) is 9.59 Å². The third-order valence-electron chi connectivity index (χ3n) is 3.09. The van der Waals surface area contributed by atoms with Gasteiger partial charge in [-0.2, -0.15) is 0 Å². The highest BCUT2D eigenvalue weighted by atomic mass is 79.9. The van der Waals surface area contributed by atoms with Crippen LogP contribution >= 0.6 is 15.9 Å². The standard InChI is InChI=1S/C14H15BrN4O5/c1-23-11-3-8(9(15)4-12(11)24-2)5-16-13(20)7-19-6-10(14(21)22)17-18-19/h3-4,6H,5,7H2,1-2H3,(H,16,20)(H,21,22). The molecule has 0 aliphatic rings. The van der Waals surface area contributed by atoms with Crippen LogP contribution in [0.2, 0.25) is 0 Å². The summed E-state index contributed by atoms with van der Waals surface area (Å²) < 4.78 is 12.3. The molecule has 0 unspecified atom stereocenters. The Morgan fingerprint density at radius 3 is 2.54 bits per heavy atom. The maximum absolute atomic E-state index is 11.9. The van der Waals surface area contributed by atoms with Crippen LogP contribution in [-0.2, 0) is 17.9 Å². The second kappa shape index (κ2) is 7.77. The van der Waals surface area contributed by atoms with Gasteiger partial charge in [0.1, 0.15) is 6.54 Å². The smallest absolute Gasteiger partial charge is 0.358 e. The van der Waals surface area contributed by atoms with Gasteiger partial charge in [0.25, 0.3) is 0 Å². The number of carbonyl (C=O) groups is 2. The number of carboxylic acids is 1. The van der Waals surface area contributed by atoms with Crippen LogP contribution in [0.25, 0.3) is 0 Å². The summed E-state index contributed by atoms with van der Waals surface area (Å²) in [7, 11) is 3.06. The predicted molar refractivity (Wildman–Crippen MR) is 86.1 cm³/mol. The summed E-state index contributed by atoms with van der Waals surface area (Å²) in [4.78, 5) is 22.7. The SMILES string of the molecule is COc1cc(Br)c(CNC(=O)Cn2cc(C(=O)O)nn2)cc1OC. The van der Waals surface area contributed by atoms with Gasteiger partial charge in [-0.05, 0) is 17.7 Å². The maximum Gasteiger partial charge on any atom is 0.358 e. The first-order valence-electron chi connectivity index (χ1n) is 6.75. The molecule has 0 bridgehead atoms. The van der Waals surface area contributed by atoms with Crippen LogP contribution in [0.1, 0.15) is 16.1 Å². The summed E-state index contributed by atoms with van der Waals surface area (Å²) in [5.41, 5.74) is 0.580. The van der Waals surface area contributed by atoms with Crippen molar-refractivity contribution in [3.05, 3.63) is 34.1 Å². The number of aromatic nitrogens is 3. The third kappa shape index (κ3) is 4.22. The van der Waals surface area contributed by atoms with Crippen molar-refractivity contribution >= 4 is 27.8 Å². The van der Waals surface area contributed by atoms with Crippen LogP contribution in [-0.4, -0.2) is 46.2 Å². The van der Waals surface area contributed by atoms with E-state index in [2.05, 4.69) is 31.6 Å². The Morgan fingerprint density at radius 2 is 1.96 bits per heavy atom. The summed E-state index contributed by atoms with van der Waals surface area (Å²) in [6, 6.07) is 3.50. The molecule has 128 valence electrons. The normalized spacial score (nSPS) is 10.3. The number of carboxylic acid groups (broad SMARTS) is 1. The average molecular weight is 399 g/mol. The van der Waals surface area contributed by atoms with E-state index in [4.69, 9.17) is 14.6 Å². The molecule has 1 aromatic carbocycles. The largest absolute Gasteiger partial charge is 0.493 e. The Bertz CT molecular complexity index is 762. The Morgan fingerprint density at radius 1 is 1.29 bits per heavy atom. The average Bonchev–Trinajstić information content (AvgIpc) is 3.02. The maximum atomic E-state index is 11.9. The minimum Gasteiger partial charge on any atom is -0.493 e. The Labute approximate surface area is 145 Å². The number of nitrogens with zero attached hydrogens (tertiary/aromatic N) is 3. The van der Waals surface area contributed by atoms with Crippen molar-refractivity contribution < 1.29 is 24.2 Å². The topological polar surface area (TPSA) is 116 Å². The molecule has 0 fully saturated rings. The number of carbonyl (C=O) groups excluding carboxylic acids is 1. The Hall–Kier alpha value is -2.62. The first-order valence-corrected chi connectivity index (χ1v) is 7.54. The number of halogens is 1. The molecule has 0 aliphatic carbocycles. The third-order valence-corrected chi connectivity index (χ3v) is 3.83. The van der Waals surface area contributed by atoms with E-state index in [1.165, 1.54) is 20.4 Å². The lowest BCUT2D eigenvalue weighted by molar-refractivity contribution is -0.122. The minimum atomic E-state index is -1.20. The number of hydrogen-bond donors (Lipinski definition) is 2. The molecule has 0 saturated heterocycles. The van der Waals surface area contributed by atoms with E-state index in [-0.39, 0.29) is 24.7 Å². The monoisotopic (exact) mass is 398 g/mol. The first-order chi connectivity index (χ1) is 11.4. The van der Waals surface area contributed by atoms with Crippen molar-refractivity contribution in [1.82, 2.24) is 20.3 Å².